The van der Waals surface area contributed by atoms with E-state index in [0.717, 1.165) is 45.3 Å². The predicted octanol–water partition coefficient (Wildman–Crippen LogP) is 20.3. The van der Waals surface area contributed by atoms with Gasteiger partial charge in [0.05, 0.1) is 5.41 Å². The molecule has 370 valence electrons. The second-order valence-corrected chi connectivity index (χ2v) is 21.2. The summed E-state index contributed by atoms with van der Waals surface area (Å²) in [6.07, 6.45) is 0. The Hall–Kier alpha value is -9.76. The van der Waals surface area contributed by atoms with Crippen molar-refractivity contribution in [2.45, 2.75) is 24.7 Å². The van der Waals surface area contributed by atoms with E-state index in [-0.39, 0.29) is 5.41 Å². The fourth-order valence-corrected chi connectivity index (χ4v) is 12.8. The molecule has 0 spiro atoms. The number of benzene rings is 12. The van der Waals surface area contributed by atoms with Crippen molar-refractivity contribution in [2.24, 2.45) is 0 Å². The molecule has 0 fully saturated rings. The molecule has 0 heterocycles. The van der Waals surface area contributed by atoms with Gasteiger partial charge in [0.2, 0.25) is 0 Å². The lowest BCUT2D eigenvalue weighted by Crippen LogP contribution is -2.28. The zero-order valence-electron chi connectivity index (χ0n) is 43.8. The van der Waals surface area contributed by atoms with E-state index in [1.54, 1.807) is 0 Å². The Morgan fingerprint density at radius 3 is 0.923 bits per heavy atom. The average molecular weight is 997 g/mol. The van der Waals surface area contributed by atoms with Crippen LogP contribution in [0.2, 0.25) is 0 Å². The summed E-state index contributed by atoms with van der Waals surface area (Å²) in [6, 6.07) is 112. The summed E-state index contributed by atoms with van der Waals surface area (Å²) in [5, 5.41) is 0. The van der Waals surface area contributed by atoms with Crippen LogP contribution in [0.25, 0.3) is 55.6 Å². The Kier molecular flexibility index (Phi) is 11.5. The van der Waals surface area contributed by atoms with Crippen molar-refractivity contribution in [3.63, 3.8) is 0 Å². The third-order valence-electron chi connectivity index (χ3n) is 16.6. The molecule has 0 radical (unpaired) electrons. The van der Waals surface area contributed by atoms with Gasteiger partial charge in [-0.05, 0) is 162 Å². The molecule has 0 aromatic heterocycles. The van der Waals surface area contributed by atoms with Crippen molar-refractivity contribution < 1.29 is 0 Å². The highest BCUT2D eigenvalue weighted by Crippen LogP contribution is 2.58. The van der Waals surface area contributed by atoms with E-state index in [4.69, 9.17) is 0 Å². The first-order valence-corrected chi connectivity index (χ1v) is 27.2. The minimum absolute atomic E-state index is 0.161. The second-order valence-electron chi connectivity index (χ2n) is 21.2. The largest absolute Gasteiger partial charge is 0.311 e. The fraction of sp³-hybridized carbons (Fsp3) is 0.0526. The van der Waals surface area contributed by atoms with E-state index < -0.39 is 5.41 Å². The topological polar surface area (TPSA) is 6.48 Å². The third kappa shape index (κ3) is 7.79. The van der Waals surface area contributed by atoms with Gasteiger partial charge in [0.1, 0.15) is 0 Å². The maximum atomic E-state index is 2.48. The Labute approximate surface area is 458 Å². The monoisotopic (exact) mass is 996 g/mol. The Balaban J connectivity index is 0.865. The first-order chi connectivity index (χ1) is 38.4. The van der Waals surface area contributed by atoms with Crippen LogP contribution in [0.5, 0.6) is 0 Å². The number of hydrogen-bond acceptors (Lipinski definition) is 2. The van der Waals surface area contributed by atoms with Crippen LogP contribution in [0.3, 0.4) is 0 Å². The van der Waals surface area contributed by atoms with Crippen LogP contribution in [-0.4, -0.2) is 0 Å². The Bertz CT molecular complexity index is 3990. The zero-order valence-corrected chi connectivity index (χ0v) is 43.8. The molecule has 2 aliphatic carbocycles. The van der Waals surface area contributed by atoms with Crippen molar-refractivity contribution >= 4 is 34.1 Å². The molecule has 0 N–H and O–H groups in total. The number of rotatable bonds is 11. The molecule has 12 aromatic carbocycles. The Morgan fingerprint density at radius 1 is 0.218 bits per heavy atom. The van der Waals surface area contributed by atoms with E-state index in [0.29, 0.717) is 0 Å². The van der Waals surface area contributed by atoms with Crippen molar-refractivity contribution in [1.29, 1.82) is 0 Å². The smallest absolute Gasteiger partial charge is 0.0714 e. The minimum atomic E-state index is -0.527. The second kappa shape index (κ2) is 19.1. The first-order valence-electron chi connectivity index (χ1n) is 27.2. The summed E-state index contributed by atoms with van der Waals surface area (Å²) in [5.74, 6) is 0. The zero-order chi connectivity index (χ0) is 52.2. The van der Waals surface area contributed by atoms with Crippen LogP contribution >= 0.6 is 0 Å². The van der Waals surface area contributed by atoms with E-state index >= 15 is 0 Å². The summed E-state index contributed by atoms with van der Waals surface area (Å²) in [6.45, 7) is 4.74. The quantitative estimate of drug-likeness (QED) is 0.127. The van der Waals surface area contributed by atoms with Crippen LogP contribution in [0.15, 0.2) is 303 Å². The van der Waals surface area contributed by atoms with Gasteiger partial charge >= 0.3 is 0 Å². The normalized spacial score (nSPS) is 13.2. The SMILES string of the molecule is CC1(C)c2ccccc2-c2ccc(N(c3ccc(-c4ccc(N(c5ccc(-c6ccccc6)cc5)c5ccc(-c6ccccc6)cc5)cc4)cc3)c3ccc4c(c3)C(c3ccccc3)(c3ccccc3)c3ccccc3-4)cc21. The highest BCUT2D eigenvalue weighted by atomic mass is 15.1. The summed E-state index contributed by atoms with van der Waals surface area (Å²) >= 11 is 0. The van der Waals surface area contributed by atoms with Crippen molar-refractivity contribution in [3.8, 4) is 55.6 Å². The van der Waals surface area contributed by atoms with Gasteiger partial charge in [-0.1, -0.05) is 244 Å². The molecule has 2 aliphatic rings. The average Bonchev–Trinajstić information content (AvgIpc) is 4.09. The standard InChI is InChI=1S/C76H56N2/c1-75(2)71-29-17-15-27-67(71)69-49-47-65(51-73(69)75)78(66-48-50-70-68-28-16-18-30-72(68)76(74(70)52-66,59-23-11-5-12-24-59)60-25-13-6-14-26-60)64-45-37-58(38-46-64)57-35-43-63(44-36-57)77(61-39-31-55(32-40-61)53-19-7-3-8-20-53)62-41-33-56(34-42-62)54-21-9-4-10-22-54/h3-52H,1-2H3. The van der Waals surface area contributed by atoms with Gasteiger partial charge in [0, 0.05) is 39.5 Å². The van der Waals surface area contributed by atoms with Crippen LogP contribution in [0.4, 0.5) is 34.1 Å². The lowest BCUT2D eigenvalue weighted by atomic mass is 9.67. The number of nitrogens with zero attached hydrogens (tertiary/aromatic N) is 2. The molecule has 0 aliphatic heterocycles. The van der Waals surface area contributed by atoms with Crippen LogP contribution in [0.1, 0.15) is 47.2 Å². The molecule has 0 saturated carbocycles. The van der Waals surface area contributed by atoms with Crippen molar-refractivity contribution in [2.75, 3.05) is 9.80 Å². The predicted molar refractivity (Wildman–Crippen MR) is 327 cm³/mol. The number of fused-ring (bicyclic) bond motifs is 6. The lowest BCUT2D eigenvalue weighted by molar-refractivity contribution is 0.660. The fourth-order valence-electron chi connectivity index (χ4n) is 12.8. The maximum absolute atomic E-state index is 2.48. The molecular weight excluding hydrogens is 941 g/mol. The van der Waals surface area contributed by atoms with Crippen LogP contribution < -0.4 is 9.80 Å². The van der Waals surface area contributed by atoms with Crippen molar-refractivity contribution in [3.05, 3.63) is 337 Å². The molecule has 0 unspecified atom stereocenters. The van der Waals surface area contributed by atoms with E-state index in [9.17, 15) is 0 Å². The molecule has 2 nitrogen and oxygen atoms in total. The van der Waals surface area contributed by atoms with Crippen LogP contribution in [-0.2, 0) is 10.8 Å². The van der Waals surface area contributed by atoms with Crippen molar-refractivity contribution in [1.82, 2.24) is 0 Å². The minimum Gasteiger partial charge on any atom is -0.311 e. The Morgan fingerprint density at radius 2 is 0.500 bits per heavy atom. The van der Waals surface area contributed by atoms with Gasteiger partial charge < -0.3 is 9.80 Å². The molecule has 78 heavy (non-hydrogen) atoms. The van der Waals surface area contributed by atoms with Gasteiger partial charge in [-0.25, -0.2) is 0 Å². The van der Waals surface area contributed by atoms with Gasteiger partial charge in [-0.2, -0.15) is 0 Å². The van der Waals surface area contributed by atoms with Gasteiger partial charge in [-0.3, -0.25) is 0 Å². The molecule has 12 aromatic rings. The highest BCUT2D eigenvalue weighted by molar-refractivity contribution is 5.91. The van der Waals surface area contributed by atoms with Gasteiger partial charge in [-0.15, -0.1) is 0 Å². The molecule has 0 atom stereocenters. The number of hydrogen-bond donors (Lipinski definition) is 0. The van der Waals surface area contributed by atoms with E-state index in [2.05, 4.69) is 327 Å². The molecule has 2 heteroatoms. The van der Waals surface area contributed by atoms with Gasteiger partial charge in [0.15, 0.2) is 0 Å². The maximum Gasteiger partial charge on any atom is 0.0714 e. The van der Waals surface area contributed by atoms with Gasteiger partial charge in [0.25, 0.3) is 0 Å². The molecule has 0 bridgehead atoms. The van der Waals surface area contributed by atoms with Crippen LogP contribution in [0, 0.1) is 0 Å². The molecular formula is C76H56N2. The lowest BCUT2D eigenvalue weighted by Gasteiger charge is -2.35. The molecule has 14 rings (SSSR count). The first kappa shape index (κ1) is 46.7. The summed E-state index contributed by atoms with van der Waals surface area (Å²) < 4.78 is 0. The number of anilines is 6. The highest BCUT2D eigenvalue weighted by Gasteiger charge is 2.46. The third-order valence-corrected chi connectivity index (χ3v) is 16.6. The summed E-state index contributed by atoms with van der Waals surface area (Å²) in [7, 11) is 0. The van der Waals surface area contributed by atoms with E-state index in [1.165, 1.54) is 77.9 Å². The molecule has 0 amide bonds. The summed E-state index contributed by atoms with van der Waals surface area (Å²) in [4.78, 5) is 4.82. The van der Waals surface area contributed by atoms with E-state index in [1.807, 2.05) is 0 Å². The summed E-state index contributed by atoms with van der Waals surface area (Å²) in [5.41, 5.74) is 26.0. The molecule has 0 saturated heterocycles.